The van der Waals surface area contributed by atoms with Gasteiger partial charge in [0, 0.05) is 10.9 Å². The standard InChI is InChI=1S/C13H18F3NS/c1-3-6-18-11-5-4-10(7-9(2)17)12(8-11)13(14,15)16/h4-5,8-9H,3,6-7,17H2,1-2H3. The second-order valence-electron chi connectivity index (χ2n) is 4.35. The van der Waals surface area contributed by atoms with Crippen LogP contribution in [0.25, 0.3) is 0 Å². The van der Waals surface area contributed by atoms with E-state index in [0.717, 1.165) is 12.2 Å². The second-order valence-corrected chi connectivity index (χ2v) is 5.51. The maximum Gasteiger partial charge on any atom is 0.416 e. The summed E-state index contributed by atoms with van der Waals surface area (Å²) in [6.07, 6.45) is -3.13. The first-order chi connectivity index (χ1) is 8.34. The molecule has 1 aromatic carbocycles. The predicted octanol–water partition coefficient (Wildman–Crippen LogP) is 4.10. The van der Waals surface area contributed by atoms with Crippen LogP contribution in [0.1, 0.15) is 31.4 Å². The number of halogens is 3. The van der Waals surface area contributed by atoms with Crippen LogP contribution in [-0.4, -0.2) is 11.8 Å². The zero-order valence-corrected chi connectivity index (χ0v) is 11.4. The van der Waals surface area contributed by atoms with Gasteiger partial charge in [0.05, 0.1) is 5.56 Å². The molecule has 5 heteroatoms. The summed E-state index contributed by atoms with van der Waals surface area (Å²) in [6, 6.07) is 4.25. The van der Waals surface area contributed by atoms with E-state index in [1.807, 2.05) is 6.92 Å². The Morgan fingerprint density at radius 1 is 1.33 bits per heavy atom. The van der Waals surface area contributed by atoms with Crippen LogP contribution in [0.15, 0.2) is 23.1 Å². The van der Waals surface area contributed by atoms with Gasteiger partial charge in [0.2, 0.25) is 0 Å². The molecule has 1 rings (SSSR count). The summed E-state index contributed by atoms with van der Waals surface area (Å²) in [5.41, 5.74) is 5.30. The van der Waals surface area contributed by atoms with E-state index in [4.69, 9.17) is 5.73 Å². The Balaban J connectivity index is 3.05. The molecule has 0 saturated carbocycles. The molecule has 0 spiro atoms. The van der Waals surface area contributed by atoms with Crippen molar-refractivity contribution in [2.75, 3.05) is 5.75 Å². The third kappa shape index (κ3) is 4.53. The molecule has 2 N–H and O–H groups in total. The molecule has 1 aromatic rings. The third-order valence-electron chi connectivity index (χ3n) is 2.40. The van der Waals surface area contributed by atoms with Crippen molar-refractivity contribution in [3.63, 3.8) is 0 Å². The number of rotatable bonds is 5. The average Bonchev–Trinajstić information content (AvgIpc) is 2.25. The molecule has 1 nitrogen and oxygen atoms in total. The topological polar surface area (TPSA) is 26.0 Å². The Kier molecular flexibility index (Phi) is 5.53. The second kappa shape index (κ2) is 6.48. The van der Waals surface area contributed by atoms with Crippen LogP contribution < -0.4 is 5.73 Å². The van der Waals surface area contributed by atoms with Gasteiger partial charge in [-0.2, -0.15) is 13.2 Å². The molecule has 0 aromatic heterocycles. The van der Waals surface area contributed by atoms with Crippen molar-refractivity contribution in [1.82, 2.24) is 0 Å². The number of benzene rings is 1. The Hall–Kier alpha value is -0.680. The third-order valence-corrected chi connectivity index (χ3v) is 3.60. The van der Waals surface area contributed by atoms with Gasteiger partial charge in [-0.3, -0.25) is 0 Å². The zero-order valence-electron chi connectivity index (χ0n) is 10.6. The lowest BCUT2D eigenvalue weighted by atomic mass is 10.0. The lowest BCUT2D eigenvalue weighted by Gasteiger charge is -2.15. The highest BCUT2D eigenvalue weighted by molar-refractivity contribution is 7.99. The van der Waals surface area contributed by atoms with Crippen molar-refractivity contribution in [1.29, 1.82) is 0 Å². The largest absolute Gasteiger partial charge is 0.416 e. The van der Waals surface area contributed by atoms with Gasteiger partial charge in [-0.1, -0.05) is 13.0 Å². The van der Waals surface area contributed by atoms with E-state index in [1.54, 1.807) is 19.1 Å². The van der Waals surface area contributed by atoms with Gasteiger partial charge in [-0.05, 0) is 43.2 Å². The molecule has 1 unspecified atom stereocenters. The zero-order chi connectivity index (χ0) is 13.8. The summed E-state index contributed by atoms with van der Waals surface area (Å²) in [5.74, 6) is 0.823. The highest BCUT2D eigenvalue weighted by atomic mass is 32.2. The summed E-state index contributed by atoms with van der Waals surface area (Å²) in [7, 11) is 0. The summed E-state index contributed by atoms with van der Waals surface area (Å²) < 4.78 is 38.9. The lowest BCUT2D eigenvalue weighted by molar-refractivity contribution is -0.138. The molecule has 18 heavy (non-hydrogen) atoms. The van der Waals surface area contributed by atoms with Gasteiger partial charge in [0.1, 0.15) is 0 Å². The number of nitrogens with two attached hydrogens (primary N) is 1. The fourth-order valence-corrected chi connectivity index (χ4v) is 2.46. The Morgan fingerprint density at radius 2 is 2.00 bits per heavy atom. The first kappa shape index (κ1) is 15.4. The minimum Gasteiger partial charge on any atom is -0.328 e. The van der Waals surface area contributed by atoms with Gasteiger partial charge in [-0.25, -0.2) is 0 Å². The van der Waals surface area contributed by atoms with E-state index in [1.165, 1.54) is 17.8 Å². The number of hydrogen-bond acceptors (Lipinski definition) is 2. The van der Waals surface area contributed by atoms with E-state index in [-0.39, 0.29) is 18.0 Å². The smallest absolute Gasteiger partial charge is 0.328 e. The van der Waals surface area contributed by atoms with Crippen LogP contribution in [0.2, 0.25) is 0 Å². The fourth-order valence-electron chi connectivity index (χ4n) is 1.65. The number of hydrogen-bond donors (Lipinski definition) is 1. The molecule has 1 atom stereocenters. The maximum atomic E-state index is 13.0. The highest BCUT2D eigenvalue weighted by Gasteiger charge is 2.33. The molecule has 0 saturated heterocycles. The molecule has 0 bridgehead atoms. The normalized spacial score (nSPS) is 13.7. The molecule has 0 fully saturated rings. The van der Waals surface area contributed by atoms with Crippen LogP contribution in [0, 0.1) is 0 Å². The maximum absolute atomic E-state index is 13.0. The predicted molar refractivity (Wildman–Crippen MR) is 69.8 cm³/mol. The van der Waals surface area contributed by atoms with Gasteiger partial charge in [-0.15, -0.1) is 11.8 Å². The molecular weight excluding hydrogens is 259 g/mol. The molecular formula is C13H18F3NS. The van der Waals surface area contributed by atoms with E-state index in [2.05, 4.69) is 0 Å². The van der Waals surface area contributed by atoms with Crippen molar-refractivity contribution < 1.29 is 13.2 Å². The van der Waals surface area contributed by atoms with Crippen LogP contribution in [0.5, 0.6) is 0 Å². The molecule has 0 radical (unpaired) electrons. The molecule has 102 valence electrons. The van der Waals surface area contributed by atoms with Crippen molar-refractivity contribution in [2.24, 2.45) is 5.73 Å². The molecule has 0 heterocycles. The number of alkyl halides is 3. The quantitative estimate of drug-likeness (QED) is 0.820. The summed E-state index contributed by atoms with van der Waals surface area (Å²) in [4.78, 5) is 0.664. The monoisotopic (exact) mass is 277 g/mol. The van der Waals surface area contributed by atoms with Gasteiger partial charge in [0.25, 0.3) is 0 Å². The lowest BCUT2D eigenvalue weighted by Crippen LogP contribution is -2.20. The Bertz CT molecular complexity index is 388. The molecule has 0 amide bonds. The van der Waals surface area contributed by atoms with Gasteiger partial charge in [0.15, 0.2) is 0 Å². The molecule has 0 aliphatic rings. The van der Waals surface area contributed by atoms with Crippen molar-refractivity contribution in [2.45, 2.75) is 43.8 Å². The van der Waals surface area contributed by atoms with Crippen LogP contribution in [0.4, 0.5) is 13.2 Å². The fraction of sp³-hybridized carbons (Fsp3) is 0.538. The van der Waals surface area contributed by atoms with E-state index in [0.29, 0.717) is 4.90 Å². The van der Waals surface area contributed by atoms with Crippen molar-refractivity contribution in [3.8, 4) is 0 Å². The Labute approximate surface area is 110 Å². The van der Waals surface area contributed by atoms with Crippen LogP contribution in [-0.2, 0) is 12.6 Å². The Morgan fingerprint density at radius 3 is 2.50 bits per heavy atom. The molecule has 0 aliphatic heterocycles. The summed E-state index contributed by atoms with van der Waals surface area (Å²) >= 11 is 1.45. The minimum atomic E-state index is -4.31. The van der Waals surface area contributed by atoms with E-state index in [9.17, 15) is 13.2 Å². The summed E-state index contributed by atoms with van der Waals surface area (Å²) in [5, 5.41) is 0. The average molecular weight is 277 g/mol. The first-order valence-corrected chi connectivity index (χ1v) is 6.91. The highest BCUT2D eigenvalue weighted by Crippen LogP contribution is 2.35. The van der Waals surface area contributed by atoms with E-state index >= 15 is 0 Å². The van der Waals surface area contributed by atoms with Gasteiger partial charge >= 0.3 is 6.18 Å². The minimum absolute atomic E-state index is 0.244. The molecule has 0 aliphatic carbocycles. The van der Waals surface area contributed by atoms with Crippen molar-refractivity contribution >= 4 is 11.8 Å². The van der Waals surface area contributed by atoms with Crippen molar-refractivity contribution in [3.05, 3.63) is 29.3 Å². The van der Waals surface area contributed by atoms with Crippen LogP contribution in [0.3, 0.4) is 0 Å². The SMILES string of the molecule is CCCSc1ccc(CC(C)N)c(C(F)(F)F)c1. The van der Waals surface area contributed by atoms with Gasteiger partial charge < -0.3 is 5.73 Å². The first-order valence-electron chi connectivity index (χ1n) is 5.93. The van der Waals surface area contributed by atoms with E-state index < -0.39 is 11.7 Å². The number of thioether (sulfide) groups is 1. The van der Waals surface area contributed by atoms with Crippen LogP contribution >= 0.6 is 11.8 Å². The summed E-state index contributed by atoms with van der Waals surface area (Å²) in [6.45, 7) is 3.71.